The van der Waals surface area contributed by atoms with Gasteiger partial charge >= 0.3 is 0 Å². The van der Waals surface area contributed by atoms with Crippen LogP contribution in [0.4, 0.5) is 0 Å². The van der Waals surface area contributed by atoms with E-state index >= 15 is 0 Å². The zero-order valence-electron chi connectivity index (χ0n) is 8.44. The minimum atomic E-state index is 0.605. The first-order valence-corrected chi connectivity index (χ1v) is 8.88. The fraction of sp³-hybridized carbons (Fsp3) is 1.00. The lowest BCUT2D eigenvalue weighted by molar-refractivity contribution is 0.161. The molecule has 0 heterocycles. The molecular formula is C11H19IS. The van der Waals surface area contributed by atoms with Gasteiger partial charge in [0.1, 0.15) is 0 Å². The largest absolute Gasteiger partial charge is 0.0822 e. The molecule has 0 aromatic rings. The van der Waals surface area contributed by atoms with E-state index in [9.17, 15) is 0 Å². The molecule has 1 atom stereocenters. The minimum Gasteiger partial charge on any atom is -0.0822 e. The minimum absolute atomic E-state index is 0.605. The van der Waals surface area contributed by atoms with E-state index in [1.54, 1.807) is 0 Å². The summed E-state index contributed by atoms with van der Waals surface area (Å²) in [4.78, 5) is 0. The monoisotopic (exact) mass is 310 g/mol. The highest BCUT2D eigenvalue weighted by Gasteiger charge is 2.51. The first-order valence-electron chi connectivity index (χ1n) is 5.52. The van der Waals surface area contributed by atoms with Crippen LogP contribution in [0.5, 0.6) is 0 Å². The van der Waals surface area contributed by atoms with E-state index in [0.29, 0.717) is 4.75 Å². The van der Waals surface area contributed by atoms with Crippen molar-refractivity contribution in [2.24, 2.45) is 5.41 Å². The van der Waals surface area contributed by atoms with Crippen molar-refractivity contribution in [1.82, 2.24) is 0 Å². The van der Waals surface area contributed by atoms with Crippen LogP contribution in [0.1, 0.15) is 58.3 Å². The van der Waals surface area contributed by atoms with E-state index < -0.39 is 0 Å². The van der Waals surface area contributed by atoms with Crippen LogP contribution in [0, 0.1) is 5.41 Å². The summed E-state index contributed by atoms with van der Waals surface area (Å²) in [5, 5.41) is 0. The van der Waals surface area contributed by atoms with Crippen molar-refractivity contribution in [2.75, 3.05) is 0 Å². The fourth-order valence-corrected chi connectivity index (χ4v) is 6.17. The average Bonchev–Trinajstić information content (AvgIpc) is 2.47. The highest BCUT2D eigenvalue weighted by atomic mass is 127. The molecule has 0 aromatic heterocycles. The third kappa shape index (κ3) is 1.66. The molecule has 0 amide bonds. The van der Waals surface area contributed by atoms with Crippen LogP contribution in [0.3, 0.4) is 0 Å². The van der Waals surface area contributed by atoms with Gasteiger partial charge in [0, 0.05) is 4.75 Å². The summed E-state index contributed by atoms with van der Waals surface area (Å²) in [5.41, 5.74) is 0.733. The topological polar surface area (TPSA) is 0 Å². The molecule has 2 aliphatic rings. The smallest absolute Gasteiger partial charge is 0.0288 e. The molecule has 2 saturated carbocycles. The van der Waals surface area contributed by atoms with Gasteiger partial charge in [-0.1, -0.05) is 34.6 Å². The molecular weight excluding hydrogens is 291 g/mol. The van der Waals surface area contributed by atoms with Crippen molar-refractivity contribution in [2.45, 2.75) is 63.0 Å². The van der Waals surface area contributed by atoms with Crippen LogP contribution >= 0.6 is 30.1 Å². The normalized spacial score (nSPS) is 38.3. The number of hydrogen-bond donors (Lipinski definition) is 0. The molecule has 0 bridgehead atoms. The van der Waals surface area contributed by atoms with E-state index in [1.807, 2.05) is 0 Å². The third-order valence-electron chi connectivity index (χ3n) is 4.41. The molecule has 13 heavy (non-hydrogen) atoms. The Morgan fingerprint density at radius 3 is 2.15 bits per heavy atom. The molecule has 76 valence electrons. The first-order chi connectivity index (χ1) is 6.22. The van der Waals surface area contributed by atoms with E-state index in [1.165, 1.54) is 51.4 Å². The summed E-state index contributed by atoms with van der Waals surface area (Å²) >= 11 is 2.54. The molecule has 0 radical (unpaired) electrons. The van der Waals surface area contributed by atoms with Gasteiger partial charge in [-0.2, -0.15) is 0 Å². The van der Waals surface area contributed by atoms with Gasteiger partial charge < -0.3 is 0 Å². The van der Waals surface area contributed by atoms with Crippen molar-refractivity contribution in [1.29, 1.82) is 0 Å². The van der Waals surface area contributed by atoms with Gasteiger partial charge in [-0.15, -0.1) is 0 Å². The maximum Gasteiger partial charge on any atom is 0.0288 e. The lowest BCUT2D eigenvalue weighted by Gasteiger charge is -2.45. The van der Waals surface area contributed by atoms with Crippen molar-refractivity contribution >= 4 is 30.1 Å². The zero-order valence-corrected chi connectivity index (χ0v) is 11.4. The second-order valence-corrected chi connectivity index (χ2v) is 7.38. The van der Waals surface area contributed by atoms with Crippen molar-refractivity contribution in [3.8, 4) is 0 Å². The average molecular weight is 310 g/mol. The third-order valence-corrected chi connectivity index (χ3v) is 8.31. The van der Waals surface area contributed by atoms with Crippen LogP contribution in [0.2, 0.25) is 0 Å². The summed E-state index contributed by atoms with van der Waals surface area (Å²) in [6, 6.07) is 0. The SMILES string of the molecule is CC1(SI)CCCC12CCCCC2. The molecule has 2 aliphatic carbocycles. The Morgan fingerprint density at radius 1 is 0.923 bits per heavy atom. The van der Waals surface area contributed by atoms with Crippen LogP contribution in [-0.4, -0.2) is 4.75 Å². The van der Waals surface area contributed by atoms with E-state index in [4.69, 9.17) is 0 Å². The molecule has 1 unspecified atom stereocenters. The molecule has 0 aliphatic heterocycles. The van der Waals surface area contributed by atoms with Crippen LogP contribution in [0.15, 0.2) is 0 Å². The maximum absolute atomic E-state index is 2.54. The molecule has 2 heteroatoms. The van der Waals surface area contributed by atoms with Gasteiger partial charge in [-0.05, 0) is 59.2 Å². The summed E-state index contributed by atoms with van der Waals surface area (Å²) in [6.45, 7) is 2.52. The Balaban J connectivity index is 2.18. The van der Waals surface area contributed by atoms with E-state index in [-0.39, 0.29) is 0 Å². The van der Waals surface area contributed by atoms with Gasteiger partial charge in [0.05, 0.1) is 0 Å². The summed E-state index contributed by atoms with van der Waals surface area (Å²) in [6.07, 6.45) is 12.0. The predicted octanol–water partition coefficient (Wildman–Crippen LogP) is 4.96. The lowest BCUT2D eigenvalue weighted by atomic mass is 9.67. The van der Waals surface area contributed by atoms with Crippen molar-refractivity contribution in [3.63, 3.8) is 0 Å². The predicted molar refractivity (Wildman–Crippen MR) is 69.4 cm³/mol. The van der Waals surface area contributed by atoms with Gasteiger partial charge in [0.25, 0.3) is 0 Å². The van der Waals surface area contributed by atoms with Crippen LogP contribution < -0.4 is 0 Å². The fourth-order valence-electron chi connectivity index (χ4n) is 3.42. The Bertz CT molecular complexity index is 187. The summed E-state index contributed by atoms with van der Waals surface area (Å²) < 4.78 is 0.605. The first kappa shape index (κ1) is 10.6. The lowest BCUT2D eigenvalue weighted by Crippen LogP contribution is -2.39. The van der Waals surface area contributed by atoms with Gasteiger partial charge in [0.15, 0.2) is 0 Å². The molecule has 0 N–H and O–H groups in total. The Hall–Kier alpha value is 1.08. The Morgan fingerprint density at radius 2 is 1.54 bits per heavy atom. The Labute approximate surface area is 98.2 Å². The van der Waals surface area contributed by atoms with Gasteiger partial charge in [0.2, 0.25) is 0 Å². The second-order valence-electron chi connectivity index (χ2n) is 5.00. The molecule has 0 saturated heterocycles. The molecule has 1 spiro atoms. The number of halogens is 1. The Kier molecular flexibility index (Phi) is 3.19. The molecule has 2 fully saturated rings. The maximum atomic E-state index is 2.54. The van der Waals surface area contributed by atoms with Gasteiger partial charge in [-0.25, -0.2) is 0 Å². The molecule has 0 aromatic carbocycles. The highest BCUT2D eigenvalue weighted by molar-refractivity contribution is 14.2. The van der Waals surface area contributed by atoms with Crippen LogP contribution in [0.25, 0.3) is 0 Å². The van der Waals surface area contributed by atoms with E-state index in [2.05, 4.69) is 37.1 Å². The van der Waals surface area contributed by atoms with Crippen molar-refractivity contribution < 1.29 is 0 Å². The standard InChI is InChI=1S/C11H19IS/c1-10(13-12)6-5-9-11(10)7-3-2-4-8-11/h2-9H2,1H3. The summed E-state index contributed by atoms with van der Waals surface area (Å²) in [7, 11) is 2.11. The van der Waals surface area contributed by atoms with Gasteiger partial charge in [-0.3, -0.25) is 0 Å². The number of rotatable bonds is 1. The second kappa shape index (κ2) is 3.92. The van der Waals surface area contributed by atoms with Crippen LogP contribution in [-0.2, 0) is 0 Å². The molecule has 0 nitrogen and oxygen atoms in total. The van der Waals surface area contributed by atoms with E-state index in [0.717, 1.165) is 5.41 Å². The summed E-state index contributed by atoms with van der Waals surface area (Å²) in [5.74, 6) is 0. The number of hydrogen-bond acceptors (Lipinski definition) is 1. The van der Waals surface area contributed by atoms with Crippen molar-refractivity contribution in [3.05, 3.63) is 0 Å². The zero-order chi connectivity index (χ0) is 9.36. The quantitative estimate of drug-likeness (QED) is 0.617. The molecule has 2 rings (SSSR count). The highest BCUT2D eigenvalue weighted by Crippen LogP contribution is 2.62.